The van der Waals surface area contributed by atoms with Gasteiger partial charge in [-0.05, 0) is 6.92 Å². The van der Waals surface area contributed by atoms with E-state index in [1.54, 1.807) is 0 Å². The van der Waals surface area contributed by atoms with E-state index >= 15 is 0 Å². The third kappa shape index (κ3) is 2.86. The van der Waals surface area contributed by atoms with Crippen molar-refractivity contribution in [3.63, 3.8) is 0 Å². The molecule has 1 aromatic rings. The fraction of sp³-hybridized carbons (Fsp3) is 0.444. The largest absolute Gasteiger partial charge is 0.476 e. The molecule has 1 rings (SSSR count). The zero-order valence-corrected chi connectivity index (χ0v) is 10.4. The minimum Gasteiger partial charge on any atom is -0.476 e. The molecule has 1 heterocycles. The number of aromatic carboxylic acids is 1. The zero-order valence-electron chi connectivity index (χ0n) is 9.62. The van der Waals surface area contributed by atoms with E-state index in [2.05, 4.69) is 9.72 Å². The third-order valence-corrected chi connectivity index (χ3v) is 3.03. The number of carbonyl (C=O) groups is 2. The Hall–Kier alpha value is -1.78. The van der Waals surface area contributed by atoms with Gasteiger partial charge in [-0.3, -0.25) is 0 Å². The molecule has 112 valence electrons. The van der Waals surface area contributed by atoms with Crippen molar-refractivity contribution in [2.24, 2.45) is 0 Å². The van der Waals surface area contributed by atoms with Crippen LogP contribution in [0, 0.1) is 0 Å². The summed E-state index contributed by atoms with van der Waals surface area (Å²) in [5.74, 6) is -8.80. The first kappa shape index (κ1) is 16.3. The summed E-state index contributed by atoms with van der Waals surface area (Å²) >= 11 is -0.367. The lowest BCUT2D eigenvalue weighted by atomic mass is 10.2. The standard InChI is InChI=1S/C9H6F5NO4S/c1-2-19-7(18)5-15-3(6(16)17)4(20-5)8(10,11)9(12,13)14/h2H2,1H3,(H,16,17). The number of hydrogen-bond acceptors (Lipinski definition) is 5. The number of carbonyl (C=O) groups excluding carboxylic acids is 1. The maximum atomic E-state index is 13.2. The maximum Gasteiger partial charge on any atom is 0.459 e. The molecule has 0 aliphatic rings. The van der Waals surface area contributed by atoms with Crippen LogP contribution in [0.4, 0.5) is 22.0 Å². The second-order valence-electron chi connectivity index (χ2n) is 3.29. The van der Waals surface area contributed by atoms with Gasteiger partial charge in [-0.1, -0.05) is 0 Å². The Morgan fingerprint density at radius 3 is 2.25 bits per heavy atom. The number of halogens is 5. The van der Waals surface area contributed by atoms with E-state index in [0.29, 0.717) is 0 Å². The molecular weight excluding hydrogens is 313 g/mol. The minimum absolute atomic E-state index is 0.175. The topological polar surface area (TPSA) is 76.5 Å². The van der Waals surface area contributed by atoms with E-state index in [-0.39, 0.29) is 17.9 Å². The highest BCUT2D eigenvalue weighted by atomic mass is 32.1. The van der Waals surface area contributed by atoms with Crippen LogP contribution in [0.3, 0.4) is 0 Å². The number of hydrogen-bond donors (Lipinski definition) is 1. The van der Waals surface area contributed by atoms with Crippen LogP contribution < -0.4 is 0 Å². The second-order valence-corrected chi connectivity index (χ2v) is 4.29. The quantitative estimate of drug-likeness (QED) is 0.682. The van der Waals surface area contributed by atoms with Crippen LogP contribution in [0.25, 0.3) is 0 Å². The predicted octanol–water partition coefficient (Wildman–Crippen LogP) is 2.67. The lowest BCUT2D eigenvalue weighted by molar-refractivity contribution is -0.288. The van der Waals surface area contributed by atoms with Gasteiger partial charge in [-0.25, -0.2) is 14.6 Å². The van der Waals surface area contributed by atoms with E-state index in [1.165, 1.54) is 6.92 Å². The monoisotopic (exact) mass is 319 g/mol. The van der Waals surface area contributed by atoms with Gasteiger partial charge in [0.05, 0.1) is 6.61 Å². The normalized spacial score (nSPS) is 12.3. The number of rotatable bonds is 4. The molecule has 0 aliphatic carbocycles. The first-order valence-corrected chi connectivity index (χ1v) is 5.70. The molecule has 0 atom stereocenters. The average Bonchev–Trinajstić information content (AvgIpc) is 2.73. The molecule has 11 heteroatoms. The first-order chi connectivity index (χ1) is 9.02. The molecule has 0 aromatic carbocycles. The van der Waals surface area contributed by atoms with Crippen molar-refractivity contribution in [3.8, 4) is 0 Å². The molecule has 0 saturated heterocycles. The smallest absolute Gasteiger partial charge is 0.459 e. The highest BCUT2D eigenvalue weighted by Crippen LogP contribution is 2.47. The van der Waals surface area contributed by atoms with Crippen LogP contribution in [0.2, 0.25) is 0 Å². The summed E-state index contributed by atoms with van der Waals surface area (Å²) in [6.45, 7) is 1.20. The number of thiazole rings is 1. The lowest BCUT2D eigenvalue weighted by Crippen LogP contribution is -2.34. The molecule has 1 N–H and O–H groups in total. The summed E-state index contributed by atoms with van der Waals surface area (Å²) in [6.07, 6.45) is -6.00. The van der Waals surface area contributed by atoms with Crippen molar-refractivity contribution in [2.75, 3.05) is 6.61 Å². The molecule has 0 fully saturated rings. The first-order valence-electron chi connectivity index (χ1n) is 4.88. The van der Waals surface area contributed by atoms with Gasteiger partial charge in [0.2, 0.25) is 5.01 Å². The fourth-order valence-electron chi connectivity index (χ4n) is 1.09. The number of carboxylic acids is 1. The van der Waals surface area contributed by atoms with E-state index in [4.69, 9.17) is 5.11 Å². The Morgan fingerprint density at radius 2 is 1.85 bits per heavy atom. The van der Waals surface area contributed by atoms with Crippen LogP contribution >= 0.6 is 11.3 Å². The molecule has 5 nitrogen and oxygen atoms in total. The molecule has 0 bridgehead atoms. The number of alkyl halides is 5. The van der Waals surface area contributed by atoms with Crippen LogP contribution in [0.5, 0.6) is 0 Å². The van der Waals surface area contributed by atoms with Crippen LogP contribution in [-0.4, -0.2) is 34.8 Å². The van der Waals surface area contributed by atoms with Crippen molar-refractivity contribution in [1.82, 2.24) is 4.98 Å². The SMILES string of the molecule is CCOC(=O)c1nc(C(=O)O)c(C(F)(F)C(F)(F)F)s1. The van der Waals surface area contributed by atoms with E-state index in [9.17, 15) is 31.5 Å². The Morgan fingerprint density at radius 1 is 1.30 bits per heavy atom. The second kappa shape index (κ2) is 5.31. The Bertz CT molecular complexity index is 539. The number of nitrogens with zero attached hydrogens (tertiary/aromatic N) is 1. The Kier molecular flexibility index (Phi) is 4.32. The van der Waals surface area contributed by atoms with Crippen LogP contribution in [0.1, 0.15) is 32.1 Å². The van der Waals surface area contributed by atoms with Crippen molar-refractivity contribution in [2.45, 2.75) is 19.0 Å². The van der Waals surface area contributed by atoms with Gasteiger partial charge in [0, 0.05) is 0 Å². The van der Waals surface area contributed by atoms with Gasteiger partial charge in [-0.15, -0.1) is 11.3 Å². The highest BCUT2D eigenvalue weighted by Gasteiger charge is 2.61. The van der Waals surface area contributed by atoms with Gasteiger partial charge in [0.25, 0.3) is 0 Å². The van der Waals surface area contributed by atoms with Gasteiger partial charge in [0.15, 0.2) is 5.69 Å². The Labute approximate surface area is 112 Å². The average molecular weight is 319 g/mol. The van der Waals surface area contributed by atoms with Gasteiger partial charge < -0.3 is 9.84 Å². The van der Waals surface area contributed by atoms with Crippen molar-refractivity contribution < 1.29 is 41.4 Å². The molecule has 0 aliphatic heterocycles. The maximum absolute atomic E-state index is 13.2. The number of carboxylic acid groups (broad SMARTS) is 1. The summed E-state index contributed by atoms with van der Waals surface area (Å²) < 4.78 is 67.4. The predicted molar refractivity (Wildman–Crippen MR) is 55.0 cm³/mol. The molecule has 0 spiro atoms. The molecular formula is C9H6F5NO4S. The molecule has 0 saturated carbocycles. The summed E-state index contributed by atoms with van der Waals surface area (Å²) in [5, 5.41) is 7.73. The fourth-order valence-corrected chi connectivity index (χ4v) is 2.03. The zero-order chi connectivity index (χ0) is 15.7. The van der Waals surface area contributed by atoms with Crippen LogP contribution in [0.15, 0.2) is 0 Å². The van der Waals surface area contributed by atoms with Crippen molar-refractivity contribution >= 4 is 23.3 Å². The minimum atomic E-state index is -6.00. The van der Waals surface area contributed by atoms with Gasteiger partial charge in [-0.2, -0.15) is 22.0 Å². The molecule has 20 heavy (non-hydrogen) atoms. The van der Waals surface area contributed by atoms with Crippen molar-refractivity contribution in [1.29, 1.82) is 0 Å². The highest BCUT2D eigenvalue weighted by molar-refractivity contribution is 7.14. The summed E-state index contributed by atoms with van der Waals surface area (Å²) in [4.78, 5) is 23.0. The van der Waals surface area contributed by atoms with Gasteiger partial charge in [0.1, 0.15) is 4.88 Å². The van der Waals surface area contributed by atoms with Crippen LogP contribution in [-0.2, 0) is 10.7 Å². The molecule has 0 radical (unpaired) electrons. The summed E-state index contributed by atoms with van der Waals surface area (Å²) in [7, 11) is 0. The molecule has 0 unspecified atom stereocenters. The third-order valence-electron chi connectivity index (χ3n) is 1.92. The van der Waals surface area contributed by atoms with Gasteiger partial charge >= 0.3 is 24.0 Å². The molecule has 0 amide bonds. The Balaban J connectivity index is 3.39. The molecule has 1 aromatic heterocycles. The summed E-state index contributed by atoms with van der Waals surface area (Å²) in [5.41, 5.74) is -1.53. The van der Waals surface area contributed by atoms with E-state index < -0.39 is 39.6 Å². The van der Waals surface area contributed by atoms with E-state index in [0.717, 1.165) is 0 Å². The number of ether oxygens (including phenoxy) is 1. The summed E-state index contributed by atoms with van der Waals surface area (Å²) in [6, 6.07) is 0. The van der Waals surface area contributed by atoms with Crippen molar-refractivity contribution in [3.05, 3.63) is 15.6 Å². The number of aromatic nitrogens is 1. The van der Waals surface area contributed by atoms with E-state index in [1.807, 2.05) is 0 Å². The number of esters is 1. The lowest BCUT2D eigenvalue weighted by Gasteiger charge is -2.18.